The normalized spacial score (nSPS) is 21.2. The number of ketones is 1. The van der Waals surface area contributed by atoms with Crippen LogP contribution in [0.4, 0.5) is 0 Å². The number of morpholine rings is 1. The summed E-state index contributed by atoms with van der Waals surface area (Å²) in [6, 6.07) is 11.4. The lowest BCUT2D eigenvalue weighted by Gasteiger charge is -2.31. The molecular formula is C28H30N2O7. The van der Waals surface area contributed by atoms with Crippen molar-refractivity contribution in [2.45, 2.75) is 6.04 Å². The first-order valence-electron chi connectivity index (χ1n) is 12.4. The predicted octanol–water partition coefficient (Wildman–Crippen LogP) is 2.78. The van der Waals surface area contributed by atoms with Gasteiger partial charge in [0.2, 0.25) is 0 Å². The standard InChI is InChI=1S/C28H30N2O7/c1-2-12-35-21-5-3-4-19(17-21)25-24(26(31)20-6-7-22-23(18-20)37-16-15-36-22)27(32)28(33)30(25)9-8-29-10-13-34-14-11-29/h2-7,17-18,25,31H,1,8-16H2/b26-24-. The SMILES string of the molecule is C=CCOc1cccc(C2/C(=C(/O)c3ccc4c(c3)OCCO4)C(=O)C(=O)N2CCN2CCOCC2)c1. The maximum atomic E-state index is 13.4. The minimum Gasteiger partial charge on any atom is -0.507 e. The number of aliphatic hydroxyl groups is 1. The van der Waals surface area contributed by atoms with Crippen molar-refractivity contribution in [2.24, 2.45) is 0 Å². The number of carbonyl (C=O) groups is 2. The monoisotopic (exact) mass is 506 g/mol. The predicted molar refractivity (Wildman–Crippen MR) is 136 cm³/mol. The second kappa shape index (κ2) is 11.1. The number of ether oxygens (including phenoxy) is 4. The summed E-state index contributed by atoms with van der Waals surface area (Å²) in [6.45, 7) is 8.53. The van der Waals surface area contributed by atoms with Crippen molar-refractivity contribution >= 4 is 17.4 Å². The van der Waals surface area contributed by atoms with Crippen LogP contribution >= 0.6 is 0 Å². The maximum absolute atomic E-state index is 13.4. The Morgan fingerprint density at radius 2 is 1.81 bits per heavy atom. The smallest absolute Gasteiger partial charge is 0.295 e. The van der Waals surface area contributed by atoms with Crippen LogP contribution in [0.25, 0.3) is 5.76 Å². The van der Waals surface area contributed by atoms with E-state index in [2.05, 4.69) is 11.5 Å². The molecule has 1 amide bonds. The third kappa shape index (κ3) is 5.19. The Labute approximate surface area is 215 Å². The van der Waals surface area contributed by atoms with E-state index in [1.807, 2.05) is 6.07 Å². The van der Waals surface area contributed by atoms with Gasteiger partial charge < -0.3 is 29.0 Å². The molecule has 0 spiro atoms. The highest BCUT2D eigenvalue weighted by atomic mass is 16.6. The molecule has 2 aromatic rings. The highest BCUT2D eigenvalue weighted by molar-refractivity contribution is 6.46. The Balaban J connectivity index is 1.54. The van der Waals surface area contributed by atoms with E-state index in [-0.39, 0.29) is 11.3 Å². The largest absolute Gasteiger partial charge is 0.507 e. The molecule has 9 nitrogen and oxygen atoms in total. The number of hydrogen-bond acceptors (Lipinski definition) is 8. The van der Waals surface area contributed by atoms with Crippen LogP contribution in [0.1, 0.15) is 17.2 Å². The fraction of sp³-hybridized carbons (Fsp3) is 0.357. The van der Waals surface area contributed by atoms with E-state index in [4.69, 9.17) is 18.9 Å². The summed E-state index contributed by atoms with van der Waals surface area (Å²) in [4.78, 5) is 30.4. The Hall–Kier alpha value is -3.82. The van der Waals surface area contributed by atoms with Crippen molar-refractivity contribution in [2.75, 3.05) is 59.2 Å². The van der Waals surface area contributed by atoms with Crippen molar-refractivity contribution in [3.8, 4) is 17.2 Å². The fourth-order valence-corrected chi connectivity index (χ4v) is 4.81. The van der Waals surface area contributed by atoms with Crippen LogP contribution in [0.3, 0.4) is 0 Å². The van der Waals surface area contributed by atoms with Gasteiger partial charge in [-0.2, -0.15) is 0 Å². The summed E-state index contributed by atoms with van der Waals surface area (Å²) >= 11 is 0. The van der Waals surface area contributed by atoms with E-state index in [0.29, 0.717) is 74.5 Å². The summed E-state index contributed by atoms with van der Waals surface area (Å²) in [5.74, 6) is -0.000694. The Morgan fingerprint density at radius 1 is 1.03 bits per heavy atom. The second-order valence-electron chi connectivity index (χ2n) is 8.98. The Kier molecular flexibility index (Phi) is 7.43. The number of amides is 1. The van der Waals surface area contributed by atoms with Crippen LogP contribution in [0.15, 0.2) is 60.7 Å². The molecule has 0 bridgehead atoms. The molecule has 3 aliphatic rings. The topological polar surface area (TPSA) is 97.8 Å². The van der Waals surface area contributed by atoms with Gasteiger partial charge in [0, 0.05) is 31.7 Å². The number of carbonyl (C=O) groups excluding carboxylic acids is 2. The third-order valence-corrected chi connectivity index (χ3v) is 6.66. The molecule has 0 saturated carbocycles. The zero-order valence-electron chi connectivity index (χ0n) is 20.6. The summed E-state index contributed by atoms with van der Waals surface area (Å²) in [7, 11) is 0. The van der Waals surface area contributed by atoms with Crippen molar-refractivity contribution < 1.29 is 33.6 Å². The number of likely N-dealkylation sites (tertiary alicyclic amines) is 1. The number of benzene rings is 2. The van der Waals surface area contributed by atoms with Crippen molar-refractivity contribution in [1.29, 1.82) is 0 Å². The molecule has 2 saturated heterocycles. The molecule has 37 heavy (non-hydrogen) atoms. The molecule has 0 aromatic heterocycles. The Bertz CT molecular complexity index is 1220. The quantitative estimate of drug-likeness (QED) is 0.253. The molecule has 1 atom stereocenters. The van der Waals surface area contributed by atoms with Gasteiger partial charge in [0.25, 0.3) is 11.7 Å². The van der Waals surface area contributed by atoms with E-state index >= 15 is 0 Å². The minimum absolute atomic E-state index is 0.0320. The zero-order chi connectivity index (χ0) is 25.8. The van der Waals surface area contributed by atoms with Crippen LogP contribution in [-0.4, -0.2) is 85.8 Å². The van der Waals surface area contributed by atoms with E-state index in [0.717, 1.165) is 13.1 Å². The highest BCUT2D eigenvalue weighted by Gasteiger charge is 2.46. The molecular weight excluding hydrogens is 476 g/mol. The second-order valence-corrected chi connectivity index (χ2v) is 8.98. The molecule has 194 valence electrons. The zero-order valence-corrected chi connectivity index (χ0v) is 20.6. The molecule has 0 aliphatic carbocycles. The molecule has 1 unspecified atom stereocenters. The highest BCUT2D eigenvalue weighted by Crippen LogP contribution is 2.41. The number of rotatable bonds is 8. The minimum atomic E-state index is -0.776. The number of hydrogen-bond donors (Lipinski definition) is 1. The number of Topliss-reactive ketones (excluding diaryl/α,β-unsaturated/α-hetero) is 1. The molecule has 0 radical (unpaired) electrons. The van der Waals surface area contributed by atoms with Crippen molar-refractivity contribution in [3.05, 3.63) is 71.8 Å². The number of fused-ring (bicyclic) bond motifs is 1. The van der Waals surface area contributed by atoms with Gasteiger partial charge in [0.05, 0.1) is 24.8 Å². The van der Waals surface area contributed by atoms with E-state index in [1.165, 1.54) is 4.90 Å². The van der Waals surface area contributed by atoms with Crippen LogP contribution in [-0.2, 0) is 14.3 Å². The van der Waals surface area contributed by atoms with Gasteiger partial charge in [0.15, 0.2) is 11.5 Å². The lowest BCUT2D eigenvalue weighted by atomic mass is 9.95. The average molecular weight is 507 g/mol. The molecule has 3 aliphatic heterocycles. The van der Waals surface area contributed by atoms with Gasteiger partial charge in [-0.15, -0.1) is 0 Å². The van der Waals surface area contributed by atoms with Gasteiger partial charge >= 0.3 is 0 Å². The maximum Gasteiger partial charge on any atom is 0.295 e. The Morgan fingerprint density at radius 3 is 2.59 bits per heavy atom. The first-order chi connectivity index (χ1) is 18.1. The summed E-state index contributed by atoms with van der Waals surface area (Å²) in [5, 5.41) is 11.4. The first-order valence-corrected chi connectivity index (χ1v) is 12.4. The van der Waals surface area contributed by atoms with Gasteiger partial charge in [-0.1, -0.05) is 24.8 Å². The average Bonchev–Trinajstić information content (AvgIpc) is 3.20. The van der Waals surface area contributed by atoms with E-state index in [9.17, 15) is 14.7 Å². The van der Waals surface area contributed by atoms with Gasteiger partial charge in [-0.25, -0.2) is 0 Å². The lowest BCUT2D eigenvalue weighted by molar-refractivity contribution is -0.140. The van der Waals surface area contributed by atoms with Gasteiger partial charge in [-0.3, -0.25) is 14.5 Å². The summed E-state index contributed by atoms with van der Waals surface area (Å²) in [5.41, 5.74) is 1.07. The molecule has 2 aromatic carbocycles. The van der Waals surface area contributed by atoms with Crippen LogP contribution in [0, 0.1) is 0 Å². The molecule has 9 heteroatoms. The van der Waals surface area contributed by atoms with Crippen LogP contribution < -0.4 is 14.2 Å². The number of aliphatic hydroxyl groups excluding tert-OH is 1. The van der Waals surface area contributed by atoms with E-state index in [1.54, 1.807) is 42.5 Å². The van der Waals surface area contributed by atoms with Gasteiger partial charge in [0.1, 0.15) is 31.3 Å². The van der Waals surface area contributed by atoms with Crippen molar-refractivity contribution in [1.82, 2.24) is 9.80 Å². The molecule has 3 heterocycles. The molecule has 1 N–H and O–H groups in total. The molecule has 2 fully saturated rings. The van der Waals surface area contributed by atoms with Crippen LogP contribution in [0.2, 0.25) is 0 Å². The lowest BCUT2D eigenvalue weighted by Crippen LogP contribution is -2.42. The van der Waals surface area contributed by atoms with Crippen LogP contribution in [0.5, 0.6) is 17.2 Å². The summed E-state index contributed by atoms with van der Waals surface area (Å²) in [6.07, 6.45) is 1.64. The molecule has 5 rings (SSSR count). The van der Waals surface area contributed by atoms with Crippen molar-refractivity contribution in [3.63, 3.8) is 0 Å². The third-order valence-electron chi connectivity index (χ3n) is 6.66. The summed E-state index contributed by atoms with van der Waals surface area (Å²) < 4.78 is 22.4. The van der Waals surface area contributed by atoms with Gasteiger partial charge in [-0.05, 0) is 35.9 Å². The van der Waals surface area contributed by atoms with E-state index < -0.39 is 17.7 Å². The fourth-order valence-electron chi connectivity index (χ4n) is 4.81. The number of nitrogens with zero attached hydrogens (tertiary/aromatic N) is 2. The first kappa shape index (κ1) is 24.9.